The summed E-state index contributed by atoms with van der Waals surface area (Å²) in [4.78, 5) is 2.38. The third kappa shape index (κ3) is 5.07. The van der Waals surface area contributed by atoms with Crippen LogP contribution in [0.15, 0.2) is 24.3 Å². The summed E-state index contributed by atoms with van der Waals surface area (Å²) in [5, 5.41) is 6.06. The van der Waals surface area contributed by atoms with Crippen LogP contribution in [0.5, 0.6) is 0 Å². The second kappa shape index (κ2) is 7.49. The van der Waals surface area contributed by atoms with Crippen molar-refractivity contribution in [3.63, 3.8) is 0 Å². The number of piperidine rings is 1. The number of thiocarbonyl (C=S) groups is 1. The third-order valence-electron chi connectivity index (χ3n) is 4.08. The van der Waals surface area contributed by atoms with Crippen molar-refractivity contribution in [2.75, 3.05) is 18.4 Å². The Morgan fingerprint density at radius 1 is 1.22 bits per heavy atom. The van der Waals surface area contributed by atoms with E-state index in [9.17, 15) is 13.2 Å². The van der Waals surface area contributed by atoms with Crippen LogP contribution in [0.25, 0.3) is 0 Å². The fraction of sp³-hybridized carbons (Fsp3) is 0.562. The van der Waals surface area contributed by atoms with Crippen LogP contribution in [0.2, 0.25) is 0 Å². The van der Waals surface area contributed by atoms with Gasteiger partial charge >= 0.3 is 6.18 Å². The molecule has 0 spiro atoms. The lowest BCUT2D eigenvalue weighted by molar-refractivity contribution is -0.136. The van der Waals surface area contributed by atoms with Gasteiger partial charge < -0.3 is 15.5 Å². The molecule has 1 aromatic carbocycles. The first-order valence-corrected chi connectivity index (χ1v) is 8.16. The maximum absolute atomic E-state index is 13.0. The summed E-state index contributed by atoms with van der Waals surface area (Å²) in [5.41, 5.74) is -0.726. The van der Waals surface area contributed by atoms with E-state index >= 15 is 0 Å². The van der Waals surface area contributed by atoms with Gasteiger partial charge in [0.05, 0.1) is 11.3 Å². The van der Waals surface area contributed by atoms with Crippen molar-refractivity contribution in [1.82, 2.24) is 10.2 Å². The molecule has 0 aromatic heterocycles. The Morgan fingerprint density at radius 3 is 2.39 bits per heavy atom. The van der Waals surface area contributed by atoms with Gasteiger partial charge in [0.1, 0.15) is 0 Å². The summed E-state index contributed by atoms with van der Waals surface area (Å²) in [5.74, 6) is 0. The van der Waals surface area contributed by atoms with Gasteiger partial charge in [-0.15, -0.1) is 0 Å². The van der Waals surface area contributed by atoms with Crippen molar-refractivity contribution < 1.29 is 13.2 Å². The van der Waals surface area contributed by atoms with Gasteiger partial charge in [-0.25, -0.2) is 0 Å². The molecule has 0 bridgehead atoms. The number of hydrogen-bond acceptors (Lipinski definition) is 2. The Kier molecular flexibility index (Phi) is 5.86. The smallest absolute Gasteiger partial charge is 0.360 e. The fourth-order valence-corrected chi connectivity index (χ4v) is 3.02. The average molecular weight is 345 g/mol. The van der Waals surface area contributed by atoms with Crippen LogP contribution in [-0.4, -0.2) is 35.2 Å². The number of nitrogens with one attached hydrogen (secondary N) is 2. The number of hydrogen-bond donors (Lipinski definition) is 2. The number of nitrogens with zero attached hydrogens (tertiary/aromatic N) is 1. The molecule has 3 nitrogen and oxygen atoms in total. The molecule has 1 heterocycles. The lowest BCUT2D eigenvalue weighted by atomic mass is 10.0. The molecule has 0 atom stereocenters. The van der Waals surface area contributed by atoms with Gasteiger partial charge in [-0.3, -0.25) is 0 Å². The molecule has 7 heteroatoms. The molecule has 1 fully saturated rings. The number of rotatable bonds is 3. The number of para-hydroxylation sites is 1. The van der Waals surface area contributed by atoms with Crippen molar-refractivity contribution >= 4 is 23.0 Å². The molecule has 0 saturated carbocycles. The zero-order valence-corrected chi connectivity index (χ0v) is 14.1. The molecule has 2 N–H and O–H groups in total. The Balaban J connectivity index is 1.92. The molecule has 1 saturated heterocycles. The normalized spacial score (nSPS) is 17.3. The summed E-state index contributed by atoms with van der Waals surface area (Å²) in [6.07, 6.45) is -2.54. The number of halogens is 3. The zero-order valence-electron chi connectivity index (χ0n) is 13.3. The second-order valence-electron chi connectivity index (χ2n) is 6.05. The summed E-state index contributed by atoms with van der Waals surface area (Å²) in [6, 6.07) is 6.07. The van der Waals surface area contributed by atoms with Crippen LogP contribution >= 0.6 is 12.2 Å². The largest absolute Gasteiger partial charge is 0.418 e. The number of alkyl halides is 3. The molecule has 0 unspecified atom stereocenters. The summed E-state index contributed by atoms with van der Waals surface area (Å²) >= 11 is 5.18. The van der Waals surface area contributed by atoms with Gasteiger partial charge in [-0.1, -0.05) is 12.1 Å². The minimum Gasteiger partial charge on any atom is -0.360 e. The summed E-state index contributed by atoms with van der Waals surface area (Å²) < 4.78 is 38.9. The molecule has 1 aliphatic heterocycles. The van der Waals surface area contributed by atoms with Crippen molar-refractivity contribution in [3.8, 4) is 0 Å². The number of likely N-dealkylation sites (tertiary alicyclic amines) is 1. The van der Waals surface area contributed by atoms with Crippen LogP contribution in [-0.2, 0) is 6.18 Å². The van der Waals surface area contributed by atoms with Gasteiger partial charge in [0.25, 0.3) is 0 Å². The second-order valence-corrected chi connectivity index (χ2v) is 6.45. The molecule has 0 aliphatic carbocycles. The first-order chi connectivity index (χ1) is 10.8. The molecular weight excluding hydrogens is 323 g/mol. The fourth-order valence-electron chi connectivity index (χ4n) is 2.74. The standard InChI is InChI=1S/C16H22F3N3S/c1-11(2)22-9-7-12(8-10-22)20-15(23)21-14-6-4-3-5-13(14)16(17,18)19/h3-6,11-12H,7-10H2,1-2H3,(H2,20,21,23). The lowest BCUT2D eigenvalue weighted by Crippen LogP contribution is -2.47. The molecule has 1 aliphatic rings. The Morgan fingerprint density at radius 2 is 1.83 bits per heavy atom. The topological polar surface area (TPSA) is 27.3 Å². The van der Waals surface area contributed by atoms with E-state index < -0.39 is 11.7 Å². The van der Waals surface area contributed by atoms with Gasteiger partial charge in [-0.05, 0) is 51.0 Å². The average Bonchev–Trinajstić information content (AvgIpc) is 2.47. The minimum atomic E-state index is -4.40. The monoisotopic (exact) mass is 345 g/mol. The molecule has 128 valence electrons. The van der Waals surface area contributed by atoms with E-state index in [1.54, 1.807) is 6.07 Å². The third-order valence-corrected chi connectivity index (χ3v) is 4.30. The summed E-state index contributed by atoms with van der Waals surface area (Å²) in [7, 11) is 0. The lowest BCUT2D eigenvalue weighted by Gasteiger charge is -2.35. The quantitative estimate of drug-likeness (QED) is 0.814. The molecule has 0 radical (unpaired) electrons. The highest BCUT2D eigenvalue weighted by atomic mass is 32.1. The first kappa shape index (κ1) is 18.0. The van der Waals surface area contributed by atoms with Gasteiger partial charge in [0.15, 0.2) is 5.11 Å². The Bertz CT molecular complexity index is 538. The van der Waals surface area contributed by atoms with Crippen LogP contribution in [0.4, 0.5) is 18.9 Å². The van der Waals surface area contributed by atoms with Gasteiger partial charge in [0.2, 0.25) is 0 Å². The molecule has 2 rings (SSSR count). The molecule has 0 amide bonds. The number of anilines is 1. The molecule has 23 heavy (non-hydrogen) atoms. The van der Waals surface area contributed by atoms with Crippen molar-refractivity contribution in [1.29, 1.82) is 0 Å². The van der Waals surface area contributed by atoms with Crippen molar-refractivity contribution in [2.24, 2.45) is 0 Å². The van der Waals surface area contributed by atoms with Gasteiger partial charge in [-0.2, -0.15) is 13.2 Å². The van der Waals surface area contributed by atoms with E-state index in [-0.39, 0.29) is 16.8 Å². The van der Waals surface area contributed by atoms with Gasteiger partial charge in [0, 0.05) is 25.2 Å². The summed E-state index contributed by atoms with van der Waals surface area (Å²) in [6.45, 7) is 6.26. The molecular formula is C16H22F3N3S. The highest BCUT2D eigenvalue weighted by Gasteiger charge is 2.33. The maximum atomic E-state index is 13.0. The van der Waals surface area contributed by atoms with E-state index in [1.807, 2.05) is 0 Å². The first-order valence-electron chi connectivity index (χ1n) is 7.75. The van der Waals surface area contributed by atoms with Crippen molar-refractivity contribution in [3.05, 3.63) is 29.8 Å². The highest BCUT2D eigenvalue weighted by molar-refractivity contribution is 7.80. The van der Waals surface area contributed by atoms with Crippen LogP contribution < -0.4 is 10.6 Å². The van der Waals surface area contributed by atoms with Crippen molar-refractivity contribution in [2.45, 2.75) is 44.9 Å². The van der Waals surface area contributed by atoms with Crippen LogP contribution in [0.1, 0.15) is 32.3 Å². The number of benzene rings is 1. The van der Waals surface area contributed by atoms with E-state index in [0.29, 0.717) is 6.04 Å². The molecule has 1 aromatic rings. The van der Waals surface area contributed by atoms with E-state index in [2.05, 4.69) is 29.4 Å². The zero-order chi connectivity index (χ0) is 17.0. The maximum Gasteiger partial charge on any atom is 0.418 e. The van der Waals surface area contributed by atoms with Crippen LogP contribution in [0, 0.1) is 0 Å². The Labute approximate surface area is 140 Å². The predicted molar refractivity (Wildman–Crippen MR) is 90.5 cm³/mol. The Hall–Kier alpha value is -1.34. The predicted octanol–water partition coefficient (Wildman–Crippen LogP) is 3.86. The minimum absolute atomic E-state index is 0.0166. The van der Waals surface area contributed by atoms with E-state index in [1.165, 1.54) is 12.1 Å². The van der Waals surface area contributed by atoms with E-state index in [0.717, 1.165) is 32.0 Å². The SMILES string of the molecule is CC(C)N1CCC(NC(=S)Nc2ccccc2C(F)(F)F)CC1. The van der Waals surface area contributed by atoms with Crippen LogP contribution in [0.3, 0.4) is 0 Å². The highest BCUT2D eigenvalue weighted by Crippen LogP contribution is 2.34. The van der Waals surface area contributed by atoms with E-state index in [4.69, 9.17) is 12.2 Å².